The van der Waals surface area contributed by atoms with Crippen LogP contribution in [0.4, 0.5) is 5.82 Å². The molecule has 0 radical (unpaired) electrons. The number of Topliss-reactive ketones (excluding diaryl/α,β-unsaturated/α-hetero) is 1. The Bertz CT molecular complexity index is 1470. The third-order valence-corrected chi connectivity index (χ3v) is 9.13. The van der Waals surface area contributed by atoms with Crippen molar-refractivity contribution in [3.05, 3.63) is 48.0 Å². The summed E-state index contributed by atoms with van der Waals surface area (Å²) in [6, 6.07) is 8.60. The first-order valence-corrected chi connectivity index (χ1v) is 14.5. The van der Waals surface area contributed by atoms with Crippen molar-refractivity contribution in [3.63, 3.8) is 0 Å². The van der Waals surface area contributed by atoms with Crippen LogP contribution >= 0.6 is 8.53 Å². The summed E-state index contributed by atoms with van der Waals surface area (Å²) in [4.78, 5) is 40.8. The number of benzene rings is 1. The highest BCUT2D eigenvalue weighted by Gasteiger charge is 2.53. The molecule has 4 bridgehead atoms. The number of anilines is 1. The molecule has 1 amide bonds. The van der Waals surface area contributed by atoms with Crippen LogP contribution in [-0.4, -0.2) is 78.5 Å². The average molecular weight is 582 g/mol. The van der Waals surface area contributed by atoms with Gasteiger partial charge in [-0.05, 0) is 33.8 Å². The fourth-order valence-corrected chi connectivity index (χ4v) is 7.09. The summed E-state index contributed by atoms with van der Waals surface area (Å²) in [7, 11) is -1.79. The normalized spacial score (nSPS) is 23.0. The molecule has 2 aliphatic heterocycles. The van der Waals surface area contributed by atoms with Crippen LogP contribution in [-0.2, 0) is 13.8 Å². The fourth-order valence-electron chi connectivity index (χ4n) is 5.31. The Kier molecular flexibility index (Phi) is 8.70. The van der Waals surface area contributed by atoms with Crippen molar-refractivity contribution in [1.29, 1.82) is 5.26 Å². The Balaban J connectivity index is 1.66. The van der Waals surface area contributed by atoms with Crippen LogP contribution in [0.15, 0.2) is 36.9 Å². The van der Waals surface area contributed by atoms with Crippen LogP contribution < -0.4 is 5.32 Å². The quantitative estimate of drug-likeness (QED) is 0.281. The van der Waals surface area contributed by atoms with E-state index >= 15 is 0 Å². The maximum absolute atomic E-state index is 14.4. The highest BCUT2D eigenvalue weighted by atomic mass is 31.2. The van der Waals surface area contributed by atoms with Gasteiger partial charge in [-0.2, -0.15) is 5.26 Å². The van der Waals surface area contributed by atoms with Gasteiger partial charge in [-0.3, -0.25) is 14.2 Å². The zero-order valence-corrected chi connectivity index (χ0v) is 24.1. The number of imidazole rings is 1. The van der Waals surface area contributed by atoms with Gasteiger partial charge in [-0.1, -0.05) is 18.2 Å². The van der Waals surface area contributed by atoms with Crippen molar-refractivity contribution < 1.29 is 28.5 Å². The molecule has 2 aromatic heterocycles. The minimum atomic E-state index is -1.79. The Labute approximate surface area is 238 Å². The van der Waals surface area contributed by atoms with Crippen molar-refractivity contribution in [2.24, 2.45) is 5.92 Å². The van der Waals surface area contributed by atoms with E-state index in [4.69, 9.17) is 19.0 Å². The van der Waals surface area contributed by atoms with Crippen molar-refractivity contribution >= 4 is 37.2 Å². The van der Waals surface area contributed by atoms with Gasteiger partial charge in [0.2, 0.25) is 0 Å². The van der Waals surface area contributed by atoms with Crippen LogP contribution in [0.5, 0.6) is 0 Å². The molecule has 4 heterocycles. The van der Waals surface area contributed by atoms with E-state index < -0.39 is 51.2 Å². The van der Waals surface area contributed by atoms with Crippen LogP contribution in [0.1, 0.15) is 61.1 Å². The van der Waals surface area contributed by atoms with E-state index in [0.717, 1.165) is 0 Å². The minimum Gasteiger partial charge on any atom is -0.394 e. The smallest absolute Gasteiger partial charge is 0.259 e. The topological polar surface area (TPSA) is 165 Å². The number of carbonyl (C=O) groups is 2. The SMILES string of the molecule is CC(C)N(C(C)C)P(OCCC#N)O[C@H]1[C@H]2C(=O)c3ccccc3C(=O)Nc3ncnc4c3ncn4[C@@H]2O[C@@H]1CO. The lowest BCUT2D eigenvalue weighted by Crippen LogP contribution is -2.40. The molecular weight excluding hydrogens is 549 g/mol. The molecule has 13 nitrogen and oxygen atoms in total. The average Bonchev–Trinajstić information content (AvgIpc) is 3.53. The Morgan fingerprint density at radius 1 is 1.17 bits per heavy atom. The van der Waals surface area contributed by atoms with E-state index in [-0.39, 0.29) is 42.1 Å². The van der Waals surface area contributed by atoms with Crippen LogP contribution in [0.3, 0.4) is 0 Å². The summed E-state index contributed by atoms with van der Waals surface area (Å²) in [5.41, 5.74) is 1.01. The number of amides is 1. The summed E-state index contributed by atoms with van der Waals surface area (Å²) >= 11 is 0. The number of nitrogens with zero attached hydrogens (tertiary/aromatic N) is 6. The number of rotatable bonds is 9. The highest BCUT2D eigenvalue weighted by Crippen LogP contribution is 2.52. The lowest BCUT2D eigenvalue weighted by Gasteiger charge is -2.38. The summed E-state index contributed by atoms with van der Waals surface area (Å²) in [6.07, 6.45) is 0.0810. The van der Waals surface area contributed by atoms with Gasteiger partial charge in [0.05, 0.1) is 43.5 Å². The number of hydrogen-bond acceptors (Lipinski definition) is 11. The van der Waals surface area contributed by atoms with Gasteiger partial charge >= 0.3 is 0 Å². The highest BCUT2D eigenvalue weighted by molar-refractivity contribution is 7.44. The second kappa shape index (κ2) is 12.2. The molecule has 14 heteroatoms. The first-order valence-electron chi connectivity index (χ1n) is 13.4. The number of aliphatic hydroxyl groups excluding tert-OH is 1. The fraction of sp³-hybridized carbons (Fsp3) is 0.481. The largest absolute Gasteiger partial charge is 0.394 e. The standard InChI is InChI=1S/C27H32N7O6P/c1-15(2)34(16(3)4)41(38-11-7-10-28)40-23-19(12-35)39-27-20(23)22(36)17-8-5-6-9-18(17)26(37)32-24-21-25(30-13-29-24)33(27)14-31-21/h5-6,8-9,13-16,19-20,23,27,35H,7,11-12H2,1-4H3,(H,29,30,32,37)/t19-,20-,23-,27-,41?/m1/s1. The number of aromatic nitrogens is 4. The van der Waals surface area contributed by atoms with E-state index in [0.29, 0.717) is 11.2 Å². The van der Waals surface area contributed by atoms with Gasteiger partial charge in [0.25, 0.3) is 14.4 Å². The number of ketones is 1. The number of aliphatic hydroxyl groups is 1. The van der Waals surface area contributed by atoms with Gasteiger partial charge in [-0.15, -0.1) is 0 Å². The van der Waals surface area contributed by atoms with Crippen molar-refractivity contribution in [1.82, 2.24) is 24.2 Å². The molecule has 216 valence electrons. The Hall–Kier alpha value is -3.37. The molecule has 5 atom stereocenters. The monoisotopic (exact) mass is 581 g/mol. The Morgan fingerprint density at radius 2 is 1.90 bits per heavy atom. The number of ether oxygens (including phenoxy) is 1. The molecular formula is C27H32N7O6P. The number of fused-ring (bicyclic) bond motifs is 3. The van der Waals surface area contributed by atoms with E-state index in [1.165, 1.54) is 12.7 Å². The molecule has 5 rings (SSSR count). The van der Waals surface area contributed by atoms with Crippen molar-refractivity contribution in [2.45, 2.75) is 64.6 Å². The predicted molar refractivity (Wildman–Crippen MR) is 149 cm³/mol. The first-order chi connectivity index (χ1) is 19.8. The summed E-state index contributed by atoms with van der Waals surface area (Å²) in [5, 5.41) is 22.3. The van der Waals surface area contributed by atoms with E-state index in [1.807, 2.05) is 32.4 Å². The van der Waals surface area contributed by atoms with E-state index in [9.17, 15) is 14.7 Å². The molecule has 1 saturated heterocycles. The van der Waals surface area contributed by atoms with E-state index in [2.05, 4.69) is 26.3 Å². The first kappa shape index (κ1) is 29.1. The lowest BCUT2D eigenvalue weighted by atomic mass is 9.88. The van der Waals surface area contributed by atoms with Crippen LogP contribution in [0, 0.1) is 17.2 Å². The molecule has 0 aliphatic carbocycles. The second-order valence-electron chi connectivity index (χ2n) is 10.3. The van der Waals surface area contributed by atoms with Gasteiger partial charge < -0.3 is 24.2 Å². The summed E-state index contributed by atoms with van der Waals surface area (Å²) in [6.45, 7) is 7.71. The zero-order chi connectivity index (χ0) is 29.3. The molecule has 0 spiro atoms. The molecule has 1 aromatic carbocycles. The number of nitriles is 1. The van der Waals surface area contributed by atoms with Crippen molar-refractivity contribution in [3.8, 4) is 6.07 Å². The third-order valence-electron chi connectivity index (χ3n) is 7.00. The number of hydrogen-bond donors (Lipinski definition) is 2. The molecule has 41 heavy (non-hydrogen) atoms. The molecule has 1 fully saturated rings. The predicted octanol–water partition coefficient (Wildman–Crippen LogP) is 3.44. The maximum Gasteiger partial charge on any atom is 0.259 e. The molecule has 3 aromatic rings. The van der Waals surface area contributed by atoms with Gasteiger partial charge in [-0.25, -0.2) is 19.6 Å². The molecule has 1 unspecified atom stereocenters. The van der Waals surface area contributed by atoms with Gasteiger partial charge in [0.15, 0.2) is 22.8 Å². The number of nitrogens with one attached hydrogen (secondary N) is 1. The minimum absolute atomic E-state index is 0.00860. The maximum atomic E-state index is 14.4. The van der Waals surface area contributed by atoms with Gasteiger partial charge in [0, 0.05) is 17.6 Å². The zero-order valence-electron chi connectivity index (χ0n) is 23.2. The van der Waals surface area contributed by atoms with Gasteiger partial charge in [0.1, 0.15) is 24.8 Å². The molecule has 2 N–H and O–H groups in total. The number of carbonyl (C=O) groups excluding carboxylic acids is 2. The van der Waals surface area contributed by atoms with Crippen LogP contribution in [0.25, 0.3) is 11.2 Å². The van der Waals surface area contributed by atoms with E-state index in [1.54, 1.807) is 28.8 Å². The van der Waals surface area contributed by atoms with Crippen LogP contribution in [0.2, 0.25) is 0 Å². The lowest BCUT2D eigenvalue weighted by molar-refractivity contribution is -0.0427. The Morgan fingerprint density at radius 3 is 2.59 bits per heavy atom. The summed E-state index contributed by atoms with van der Waals surface area (Å²) in [5.74, 6) is -1.74. The molecule has 2 aliphatic rings. The second-order valence-corrected chi connectivity index (χ2v) is 11.7. The molecule has 0 saturated carbocycles. The van der Waals surface area contributed by atoms with Crippen molar-refractivity contribution in [2.75, 3.05) is 18.5 Å². The summed E-state index contributed by atoms with van der Waals surface area (Å²) < 4.78 is 22.7. The third kappa shape index (κ3) is 5.47.